The summed E-state index contributed by atoms with van der Waals surface area (Å²) >= 11 is 1.20. The molecule has 0 fully saturated rings. The number of pyridine rings is 1. The Morgan fingerprint density at radius 3 is 2.58 bits per heavy atom. The highest BCUT2D eigenvalue weighted by Crippen LogP contribution is 2.38. The van der Waals surface area contributed by atoms with Crippen LogP contribution in [0, 0.1) is 34.6 Å². The summed E-state index contributed by atoms with van der Waals surface area (Å²) < 4.78 is 36.7. The average Bonchev–Trinajstić information content (AvgIpc) is 3.53. The lowest BCUT2D eigenvalue weighted by Gasteiger charge is -2.13. The molecule has 4 aromatic heterocycles. The Labute approximate surface area is 225 Å². The summed E-state index contributed by atoms with van der Waals surface area (Å²) in [5.41, 5.74) is 6.73. The Morgan fingerprint density at radius 2 is 1.87 bits per heavy atom. The van der Waals surface area contributed by atoms with Gasteiger partial charge in [0.15, 0.2) is 5.82 Å². The van der Waals surface area contributed by atoms with Crippen LogP contribution >= 0.6 is 11.3 Å². The maximum absolute atomic E-state index is 13.4. The van der Waals surface area contributed by atoms with Gasteiger partial charge in [-0.15, -0.1) is 11.3 Å². The van der Waals surface area contributed by atoms with Crippen molar-refractivity contribution >= 4 is 38.1 Å². The summed E-state index contributed by atoms with van der Waals surface area (Å²) in [6.45, 7) is 9.77. The first kappa shape index (κ1) is 26.1. The quantitative estimate of drug-likeness (QED) is 0.276. The van der Waals surface area contributed by atoms with E-state index in [2.05, 4.69) is 20.0 Å². The molecule has 0 aliphatic rings. The highest BCUT2D eigenvalue weighted by atomic mass is 32.2. The van der Waals surface area contributed by atoms with Crippen LogP contribution in [0.1, 0.15) is 38.7 Å². The van der Waals surface area contributed by atoms with Gasteiger partial charge in [-0.25, -0.2) is 8.42 Å². The standard InChI is InChI=1S/C27H29N5O4S2/c1-15-10-25-24(18(4)29-15)13-28-32(25)14-20-6-7-22(21(12-20)8-9-33)23-11-16(2)37-27(23)38(34,35)31-26-17(3)19(5)36-30-26/h6-7,10-13,33H,8-9,14H2,1-5H3,(H,30,31). The minimum Gasteiger partial charge on any atom is -0.396 e. The summed E-state index contributed by atoms with van der Waals surface area (Å²) in [7, 11) is -3.93. The fourth-order valence-corrected chi connectivity index (χ4v) is 7.28. The molecule has 5 rings (SSSR count). The molecule has 0 aliphatic heterocycles. The Morgan fingerprint density at radius 1 is 1.08 bits per heavy atom. The Kier molecular flexibility index (Phi) is 6.84. The summed E-state index contributed by atoms with van der Waals surface area (Å²) in [5.74, 6) is 0.732. The van der Waals surface area contributed by atoms with E-state index in [1.807, 2.05) is 62.0 Å². The van der Waals surface area contributed by atoms with Crippen LogP contribution in [0.4, 0.5) is 5.82 Å². The Bertz CT molecular complexity index is 1770. The smallest absolute Gasteiger partial charge is 0.273 e. The molecule has 9 nitrogen and oxygen atoms in total. The molecule has 0 unspecified atom stereocenters. The van der Waals surface area contributed by atoms with Crippen molar-refractivity contribution in [3.05, 3.63) is 75.2 Å². The number of fused-ring (bicyclic) bond motifs is 1. The highest BCUT2D eigenvalue weighted by Gasteiger charge is 2.26. The minimum absolute atomic E-state index is 0.0634. The van der Waals surface area contributed by atoms with Crippen LogP contribution in [-0.2, 0) is 23.0 Å². The second-order valence-corrected chi connectivity index (χ2v) is 12.6. The lowest BCUT2D eigenvalue weighted by molar-refractivity contribution is 0.299. The Balaban J connectivity index is 1.53. The summed E-state index contributed by atoms with van der Waals surface area (Å²) in [6.07, 6.45) is 2.21. The zero-order chi connectivity index (χ0) is 27.2. The molecule has 0 radical (unpaired) electrons. The SMILES string of the molecule is Cc1cc2c(cnn2Cc2ccc(-c3cc(C)sc3S(=O)(=O)Nc3noc(C)c3C)c(CCO)c2)c(C)n1. The van der Waals surface area contributed by atoms with Gasteiger partial charge in [-0.05, 0) is 69.9 Å². The molecule has 0 saturated heterocycles. The fraction of sp³-hybridized carbons (Fsp3) is 0.296. The number of nitrogens with one attached hydrogen (secondary N) is 1. The summed E-state index contributed by atoms with van der Waals surface area (Å²) in [6, 6.07) is 9.81. The number of nitrogens with zero attached hydrogens (tertiary/aromatic N) is 4. The van der Waals surface area contributed by atoms with Gasteiger partial charge in [0.2, 0.25) is 0 Å². The number of aliphatic hydroxyl groups is 1. The summed E-state index contributed by atoms with van der Waals surface area (Å²) in [5, 5.41) is 19.3. The second-order valence-electron chi connectivity index (χ2n) is 9.43. The predicted molar refractivity (Wildman–Crippen MR) is 148 cm³/mol. The molecule has 5 aromatic rings. The van der Waals surface area contributed by atoms with E-state index in [0.717, 1.165) is 43.9 Å². The molecule has 198 valence electrons. The number of aromatic nitrogens is 4. The van der Waals surface area contributed by atoms with E-state index in [9.17, 15) is 13.5 Å². The van der Waals surface area contributed by atoms with Crippen molar-refractivity contribution in [3.8, 4) is 11.1 Å². The molecule has 0 aliphatic carbocycles. The molecule has 0 amide bonds. The fourth-order valence-electron chi connectivity index (χ4n) is 4.58. The van der Waals surface area contributed by atoms with Gasteiger partial charge in [-0.3, -0.25) is 14.4 Å². The van der Waals surface area contributed by atoms with Crippen molar-refractivity contribution < 1.29 is 18.0 Å². The van der Waals surface area contributed by atoms with E-state index in [0.29, 0.717) is 29.9 Å². The van der Waals surface area contributed by atoms with Crippen LogP contribution in [0.25, 0.3) is 22.0 Å². The van der Waals surface area contributed by atoms with Gasteiger partial charge in [0.05, 0.1) is 18.3 Å². The first-order valence-corrected chi connectivity index (χ1v) is 14.5. The number of aliphatic hydroxyl groups excluding tert-OH is 1. The number of hydrogen-bond donors (Lipinski definition) is 2. The molecule has 0 saturated carbocycles. The molecule has 11 heteroatoms. The van der Waals surface area contributed by atoms with E-state index in [-0.39, 0.29) is 16.6 Å². The van der Waals surface area contributed by atoms with Crippen molar-refractivity contribution in [2.45, 2.75) is 51.8 Å². The zero-order valence-electron chi connectivity index (χ0n) is 21.9. The van der Waals surface area contributed by atoms with Crippen molar-refractivity contribution in [1.82, 2.24) is 19.9 Å². The van der Waals surface area contributed by atoms with Gasteiger partial charge in [0.25, 0.3) is 10.0 Å². The van der Waals surface area contributed by atoms with Crippen molar-refractivity contribution in [1.29, 1.82) is 0 Å². The number of anilines is 1. The molecule has 0 bridgehead atoms. The number of thiophene rings is 1. The van der Waals surface area contributed by atoms with Crippen LogP contribution < -0.4 is 4.72 Å². The normalized spacial score (nSPS) is 11.9. The van der Waals surface area contributed by atoms with Crippen LogP contribution in [0.15, 0.2) is 45.3 Å². The van der Waals surface area contributed by atoms with Gasteiger partial charge >= 0.3 is 0 Å². The van der Waals surface area contributed by atoms with Gasteiger partial charge in [-0.2, -0.15) is 5.10 Å². The number of aryl methyl sites for hydroxylation is 4. The van der Waals surface area contributed by atoms with E-state index < -0.39 is 10.0 Å². The third kappa shape index (κ3) is 4.84. The van der Waals surface area contributed by atoms with Gasteiger partial charge < -0.3 is 9.63 Å². The van der Waals surface area contributed by atoms with E-state index in [4.69, 9.17) is 4.52 Å². The van der Waals surface area contributed by atoms with E-state index in [1.54, 1.807) is 13.8 Å². The van der Waals surface area contributed by atoms with E-state index >= 15 is 0 Å². The first-order chi connectivity index (χ1) is 18.1. The molecule has 2 N–H and O–H groups in total. The van der Waals surface area contributed by atoms with Crippen LogP contribution in [-0.4, -0.2) is 40.1 Å². The second kappa shape index (κ2) is 9.97. The summed E-state index contributed by atoms with van der Waals surface area (Å²) in [4.78, 5) is 5.38. The molecular weight excluding hydrogens is 522 g/mol. The third-order valence-electron chi connectivity index (χ3n) is 6.59. The predicted octanol–water partition coefficient (Wildman–Crippen LogP) is 5.07. The zero-order valence-corrected chi connectivity index (χ0v) is 23.5. The van der Waals surface area contributed by atoms with Crippen molar-refractivity contribution in [3.63, 3.8) is 0 Å². The first-order valence-electron chi connectivity index (χ1n) is 12.2. The monoisotopic (exact) mass is 551 g/mol. The molecule has 1 aromatic carbocycles. The van der Waals surface area contributed by atoms with Crippen LogP contribution in [0.3, 0.4) is 0 Å². The van der Waals surface area contributed by atoms with Crippen molar-refractivity contribution in [2.75, 3.05) is 11.3 Å². The van der Waals surface area contributed by atoms with Gasteiger partial charge in [0.1, 0.15) is 9.97 Å². The maximum atomic E-state index is 13.4. The molecule has 4 heterocycles. The lowest BCUT2D eigenvalue weighted by Crippen LogP contribution is -2.13. The number of rotatable bonds is 8. The molecule has 0 spiro atoms. The van der Waals surface area contributed by atoms with E-state index in [1.165, 1.54) is 11.3 Å². The highest BCUT2D eigenvalue weighted by molar-refractivity contribution is 7.94. The van der Waals surface area contributed by atoms with Crippen LogP contribution in [0.5, 0.6) is 0 Å². The molecule has 38 heavy (non-hydrogen) atoms. The van der Waals surface area contributed by atoms with Crippen molar-refractivity contribution in [2.24, 2.45) is 0 Å². The largest absolute Gasteiger partial charge is 0.396 e. The molecule has 0 atom stereocenters. The molecular formula is C27H29N5O4S2. The number of benzene rings is 1. The third-order valence-corrected chi connectivity index (χ3v) is 9.51. The van der Waals surface area contributed by atoms with Crippen LogP contribution in [0.2, 0.25) is 0 Å². The maximum Gasteiger partial charge on any atom is 0.273 e. The Hall–Kier alpha value is -3.54. The van der Waals surface area contributed by atoms with Gasteiger partial charge in [-0.1, -0.05) is 23.4 Å². The van der Waals surface area contributed by atoms with Gasteiger partial charge in [0, 0.05) is 39.4 Å². The number of hydrogen-bond acceptors (Lipinski definition) is 8. The minimum atomic E-state index is -3.93. The number of sulfonamides is 1. The topological polar surface area (TPSA) is 123 Å². The lowest BCUT2D eigenvalue weighted by atomic mass is 9.97. The average molecular weight is 552 g/mol.